The van der Waals surface area contributed by atoms with Crippen molar-refractivity contribution < 1.29 is 0 Å². The second kappa shape index (κ2) is 15.7. The van der Waals surface area contributed by atoms with E-state index >= 15 is 0 Å². The Morgan fingerprint density at radius 3 is 1.16 bits per heavy atom. The average molecular weight is 280 g/mol. The van der Waals surface area contributed by atoms with Gasteiger partial charge in [-0.2, -0.15) is 0 Å². The smallest absolute Gasteiger partial charge is 0.0347 e. The maximum atomic E-state index is 2.43. The molecule has 0 aromatic carbocycles. The van der Waals surface area contributed by atoms with Crippen LogP contribution in [-0.4, -0.2) is 0 Å². The molecule has 0 N–H and O–H groups in total. The first kappa shape index (κ1) is 18.7. The molecule has 0 fully saturated rings. The van der Waals surface area contributed by atoms with Crippen molar-refractivity contribution in [1.82, 2.24) is 0 Å². The minimum absolute atomic E-state index is 0.152. The molecule has 0 aliphatic rings. The van der Waals surface area contributed by atoms with Gasteiger partial charge in [0.05, 0.1) is 0 Å². The molecule has 0 unspecified atom stereocenters. The van der Waals surface area contributed by atoms with Crippen LogP contribution in [0.5, 0.6) is 0 Å². The number of rotatable bonds is 12. The fraction of sp³-hybridized carbons (Fsp3) is 0.667. The first-order valence-corrected chi connectivity index (χ1v) is 9.67. The number of hydrogen-bond acceptors (Lipinski definition) is 0. The van der Waals surface area contributed by atoms with Gasteiger partial charge < -0.3 is 0 Å². The first-order valence-electron chi connectivity index (χ1n) is 8.12. The molecular weight excluding hydrogens is 247 g/mol. The van der Waals surface area contributed by atoms with Crippen molar-refractivity contribution in [2.75, 3.05) is 0 Å². The Kier molecular flexibility index (Phi) is 15.4. The van der Waals surface area contributed by atoms with Gasteiger partial charge >= 0.3 is 0 Å². The van der Waals surface area contributed by atoms with Gasteiger partial charge in [-0.1, -0.05) is 95.0 Å². The fourth-order valence-corrected chi connectivity index (χ4v) is 3.18. The normalized spacial score (nSPS) is 12.6. The van der Waals surface area contributed by atoms with Gasteiger partial charge in [0.25, 0.3) is 0 Å². The molecule has 0 spiro atoms. The standard InChI is InChI=1S/C18H33P/c1-4-7-10-13-16-19(17-14-11-8-5-2)18-15-12-9-6-3/h13-18H,4-12H2,1-3H3/b16-13+,17-14+,18-15+. The molecular formula is C18H33P. The zero-order valence-corrected chi connectivity index (χ0v) is 14.2. The van der Waals surface area contributed by atoms with Crippen LogP contribution in [0.15, 0.2) is 35.7 Å². The Morgan fingerprint density at radius 1 is 0.579 bits per heavy atom. The van der Waals surface area contributed by atoms with E-state index < -0.39 is 0 Å². The lowest BCUT2D eigenvalue weighted by Gasteiger charge is -2.02. The topological polar surface area (TPSA) is 0 Å². The number of allylic oxidation sites excluding steroid dienone is 3. The van der Waals surface area contributed by atoms with E-state index in [9.17, 15) is 0 Å². The Balaban J connectivity index is 4.16. The third-order valence-corrected chi connectivity index (χ3v) is 4.67. The summed E-state index contributed by atoms with van der Waals surface area (Å²) in [6.45, 7) is 6.77. The molecule has 0 aromatic rings. The second-order valence-electron chi connectivity index (χ2n) is 5.03. The van der Waals surface area contributed by atoms with Gasteiger partial charge in [-0.05, 0) is 27.2 Å². The Morgan fingerprint density at radius 2 is 0.895 bits per heavy atom. The molecule has 0 radical (unpaired) electrons. The third kappa shape index (κ3) is 13.9. The van der Waals surface area contributed by atoms with Gasteiger partial charge in [-0.3, -0.25) is 0 Å². The van der Waals surface area contributed by atoms with Crippen molar-refractivity contribution in [3.63, 3.8) is 0 Å². The van der Waals surface area contributed by atoms with E-state index in [4.69, 9.17) is 0 Å². The predicted molar refractivity (Wildman–Crippen MR) is 92.9 cm³/mol. The summed E-state index contributed by atoms with van der Waals surface area (Å²) in [5.74, 6) is 7.28. The SMILES string of the molecule is CCCC/C=C/P(/C=C/CCCC)/C=C/CCCC. The Bertz CT molecular complexity index is 208. The van der Waals surface area contributed by atoms with Gasteiger partial charge in [0.1, 0.15) is 0 Å². The average Bonchev–Trinajstić information content (AvgIpc) is 2.43. The summed E-state index contributed by atoms with van der Waals surface area (Å²) in [7, 11) is -0.152. The van der Waals surface area contributed by atoms with Crippen molar-refractivity contribution in [3.8, 4) is 0 Å². The van der Waals surface area contributed by atoms with Gasteiger partial charge in [0.2, 0.25) is 0 Å². The van der Waals surface area contributed by atoms with Crippen molar-refractivity contribution in [2.24, 2.45) is 0 Å². The highest BCUT2D eigenvalue weighted by Gasteiger charge is 1.93. The maximum absolute atomic E-state index is 2.43. The largest absolute Gasteiger partial charge is 0.0835 e. The zero-order chi connectivity index (χ0) is 14.2. The van der Waals surface area contributed by atoms with Crippen LogP contribution in [-0.2, 0) is 0 Å². The van der Waals surface area contributed by atoms with Crippen LogP contribution in [0.25, 0.3) is 0 Å². The highest BCUT2D eigenvalue weighted by Crippen LogP contribution is 2.41. The van der Waals surface area contributed by atoms with Crippen LogP contribution in [0.2, 0.25) is 0 Å². The van der Waals surface area contributed by atoms with E-state index in [1.807, 2.05) is 0 Å². The maximum Gasteiger partial charge on any atom is -0.0347 e. The minimum atomic E-state index is -0.152. The third-order valence-electron chi connectivity index (χ3n) is 3.01. The van der Waals surface area contributed by atoms with Crippen molar-refractivity contribution in [3.05, 3.63) is 35.7 Å². The van der Waals surface area contributed by atoms with E-state index in [1.165, 1.54) is 57.8 Å². The molecule has 0 bridgehead atoms. The molecule has 0 saturated carbocycles. The predicted octanol–water partition coefficient (Wildman–Crippen LogP) is 7.58. The van der Waals surface area contributed by atoms with E-state index in [0.29, 0.717) is 0 Å². The van der Waals surface area contributed by atoms with Crippen molar-refractivity contribution >= 4 is 7.92 Å². The van der Waals surface area contributed by atoms with E-state index in [0.717, 1.165) is 0 Å². The Hall–Kier alpha value is -0.350. The Labute approximate surface area is 122 Å². The van der Waals surface area contributed by atoms with Gasteiger partial charge in [0, 0.05) is 0 Å². The van der Waals surface area contributed by atoms with E-state index in [1.54, 1.807) is 0 Å². The van der Waals surface area contributed by atoms with Crippen LogP contribution < -0.4 is 0 Å². The minimum Gasteiger partial charge on any atom is -0.0835 e. The fourth-order valence-electron chi connectivity index (χ4n) is 1.70. The second-order valence-corrected chi connectivity index (χ2v) is 6.82. The molecule has 19 heavy (non-hydrogen) atoms. The molecule has 0 rings (SSSR count). The van der Waals surface area contributed by atoms with Gasteiger partial charge in [-0.15, -0.1) is 0 Å². The summed E-state index contributed by atoms with van der Waals surface area (Å²) in [5.41, 5.74) is 0. The molecule has 0 heterocycles. The van der Waals surface area contributed by atoms with Crippen LogP contribution in [0.4, 0.5) is 0 Å². The van der Waals surface area contributed by atoms with Crippen molar-refractivity contribution in [1.29, 1.82) is 0 Å². The van der Waals surface area contributed by atoms with Gasteiger partial charge in [-0.25, -0.2) is 0 Å². The summed E-state index contributed by atoms with van der Waals surface area (Å²) in [5, 5.41) is 0. The molecule has 1 heteroatoms. The lowest BCUT2D eigenvalue weighted by atomic mass is 10.2. The highest BCUT2D eigenvalue weighted by molar-refractivity contribution is 7.67. The van der Waals surface area contributed by atoms with Crippen LogP contribution in [0.3, 0.4) is 0 Å². The van der Waals surface area contributed by atoms with E-state index in [-0.39, 0.29) is 7.92 Å². The molecule has 110 valence electrons. The van der Waals surface area contributed by atoms with E-state index in [2.05, 4.69) is 56.5 Å². The lowest BCUT2D eigenvalue weighted by molar-refractivity contribution is 0.814. The summed E-state index contributed by atoms with van der Waals surface area (Å²) in [6, 6.07) is 0. The number of unbranched alkanes of at least 4 members (excludes halogenated alkanes) is 6. The molecule has 0 aliphatic carbocycles. The van der Waals surface area contributed by atoms with Gasteiger partial charge in [0.15, 0.2) is 0 Å². The zero-order valence-electron chi connectivity index (χ0n) is 13.3. The van der Waals surface area contributed by atoms with Crippen molar-refractivity contribution in [2.45, 2.75) is 78.6 Å². The summed E-state index contributed by atoms with van der Waals surface area (Å²) >= 11 is 0. The molecule has 0 aromatic heterocycles. The summed E-state index contributed by atoms with van der Waals surface area (Å²) in [4.78, 5) is 0. The number of hydrogen-bond donors (Lipinski definition) is 0. The molecule has 0 saturated heterocycles. The molecule has 0 atom stereocenters. The molecule has 0 aliphatic heterocycles. The highest BCUT2D eigenvalue weighted by atomic mass is 31.1. The quantitative estimate of drug-likeness (QED) is 0.255. The lowest BCUT2D eigenvalue weighted by Crippen LogP contribution is -1.69. The molecule has 0 nitrogen and oxygen atoms in total. The monoisotopic (exact) mass is 280 g/mol. The van der Waals surface area contributed by atoms with Crippen LogP contribution >= 0.6 is 7.92 Å². The van der Waals surface area contributed by atoms with Crippen LogP contribution in [0, 0.1) is 0 Å². The summed E-state index contributed by atoms with van der Waals surface area (Å²) < 4.78 is 0. The van der Waals surface area contributed by atoms with Crippen LogP contribution in [0.1, 0.15) is 78.6 Å². The molecule has 0 amide bonds. The first-order chi connectivity index (χ1) is 9.35. The summed E-state index contributed by atoms with van der Waals surface area (Å²) in [6.07, 6.45) is 18.7.